The maximum atomic E-state index is 11.3. The van der Waals surface area contributed by atoms with Gasteiger partial charge in [0.1, 0.15) is 5.76 Å². The number of furan rings is 1. The van der Waals surface area contributed by atoms with Crippen LogP contribution in [-0.2, 0) is 4.79 Å². The summed E-state index contributed by atoms with van der Waals surface area (Å²) in [7, 11) is 0. The van der Waals surface area contributed by atoms with Gasteiger partial charge in [0, 0.05) is 0 Å². The number of carbonyl (C=O) groups excluding carboxylic acids is 2. The van der Waals surface area contributed by atoms with Crippen LogP contribution < -0.4 is 0 Å². The SMILES string of the molecule is CSC1=C(SC)SC(=C(C=O)c2ccc(C=O)o2)S1. The van der Waals surface area contributed by atoms with Crippen molar-refractivity contribution in [2.24, 2.45) is 0 Å². The van der Waals surface area contributed by atoms with Gasteiger partial charge in [-0.15, -0.1) is 23.5 Å². The fourth-order valence-electron chi connectivity index (χ4n) is 1.40. The van der Waals surface area contributed by atoms with Crippen molar-refractivity contribution in [2.75, 3.05) is 12.5 Å². The first kappa shape index (κ1) is 14.9. The van der Waals surface area contributed by atoms with E-state index in [1.165, 1.54) is 8.47 Å². The molecule has 3 nitrogen and oxygen atoms in total. The number of hydrogen-bond acceptors (Lipinski definition) is 7. The summed E-state index contributed by atoms with van der Waals surface area (Å²) in [6.45, 7) is 0. The first-order valence-corrected chi connectivity index (χ1v) is 9.24. The van der Waals surface area contributed by atoms with Crippen LogP contribution in [0.25, 0.3) is 5.57 Å². The molecule has 0 atom stereocenters. The molecule has 0 unspecified atom stereocenters. The van der Waals surface area contributed by atoms with E-state index >= 15 is 0 Å². The topological polar surface area (TPSA) is 47.3 Å². The molecule has 0 saturated carbocycles. The molecule has 1 aliphatic heterocycles. The second-order valence-electron chi connectivity index (χ2n) is 3.33. The van der Waals surface area contributed by atoms with Gasteiger partial charge in [-0.2, -0.15) is 0 Å². The summed E-state index contributed by atoms with van der Waals surface area (Å²) in [6.07, 6.45) is 5.44. The zero-order valence-corrected chi connectivity index (χ0v) is 13.4. The monoisotopic (exact) mass is 330 g/mol. The van der Waals surface area contributed by atoms with Gasteiger partial charge in [-0.3, -0.25) is 9.59 Å². The molecule has 0 fully saturated rings. The van der Waals surface area contributed by atoms with Crippen molar-refractivity contribution in [1.29, 1.82) is 0 Å². The molecule has 0 radical (unpaired) electrons. The van der Waals surface area contributed by atoms with Gasteiger partial charge in [0.25, 0.3) is 0 Å². The summed E-state index contributed by atoms with van der Waals surface area (Å²) in [5.41, 5.74) is 0.499. The molecule has 2 rings (SSSR count). The van der Waals surface area contributed by atoms with Crippen molar-refractivity contribution in [3.8, 4) is 0 Å². The average molecular weight is 330 g/mol. The van der Waals surface area contributed by atoms with Gasteiger partial charge < -0.3 is 4.42 Å². The van der Waals surface area contributed by atoms with Gasteiger partial charge in [-0.1, -0.05) is 23.5 Å². The molecule has 0 aromatic carbocycles. The predicted octanol–water partition coefficient (Wildman–Crippen LogP) is 4.29. The third-order valence-electron chi connectivity index (χ3n) is 2.25. The Hall–Kier alpha value is -0.500. The normalized spacial score (nSPS) is 14.9. The van der Waals surface area contributed by atoms with Crippen LogP contribution in [0, 0.1) is 0 Å². The number of thioether (sulfide) groups is 4. The third-order valence-corrected chi connectivity index (χ3v) is 7.51. The summed E-state index contributed by atoms with van der Waals surface area (Å²) in [6, 6.07) is 3.21. The molecule has 0 amide bonds. The minimum atomic E-state index is 0.228. The van der Waals surface area contributed by atoms with E-state index in [1.807, 2.05) is 12.5 Å². The summed E-state index contributed by atoms with van der Waals surface area (Å²) < 4.78 is 8.60. The molecule has 1 aromatic heterocycles. The number of aldehydes is 2. The maximum absolute atomic E-state index is 11.3. The molecular weight excluding hydrogens is 320 g/mol. The molecule has 0 aliphatic carbocycles. The van der Waals surface area contributed by atoms with Gasteiger partial charge in [-0.05, 0) is 24.6 Å². The number of carbonyl (C=O) groups is 2. The van der Waals surface area contributed by atoms with Gasteiger partial charge in [-0.25, -0.2) is 0 Å². The van der Waals surface area contributed by atoms with Crippen LogP contribution in [0.4, 0.5) is 0 Å². The van der Waals surface area contributed by atoms with Crippen molar-refractivity contribution >= 4 is 65.2 Å². The van der Waals surface area contributed by atoms with Crippen LogP contribution >= 0.6 is 47.0 Å². The Balaban J connectivity index is 2.35. The molecule has 7 heteroatoms. The zero-order chi connectivity index (χ0) is 13.8. The van der Waals surface area contributed by atoms with E-state index in [0.29, 0.717) is 17.6 Å². The Bertz CT molecular complexity index is 553. The van der Waals surface area contributed by atoms with Crippen molar-refractivity contribution in [1.82, 2.24) is 0 Å². The second kappa shape index (κ2) is 6.78. The maximum Gasteiger partial charge on any atom is 0.185 e. The lowest BCUT2D eigenvalue weighted by Gasteiger charge is -2.00. The third kappa shape index (κ3) is 3.16. The summed E-state index contributed by atoms with van der Waals surface area (Å²) in [5, 5.41) is 0. The van der Waals surface area contributed by atoms with Crippen LogP contribution in [0.2, 0.25) is 0 Å². The van der Waals surface area contributed by atoms with E-state index in [-0.39, 0.29) is 5.76 Å². The van der Waals surface area contributed by atoms with Crippen LogP contribution in [0.3, 0.4) is 0 Å². The number of hydrogen-bond donors (Lipinski definition) is 0. The minimum absolute atomic E-state index is 0.228. The van der Waals surface area contributed by atoms with Gasteiger partial charge in [0.15, 0.2) is 18.3 Å². The molecule has 1 aromatic rings. The highest BCUT2D eigenvalue weighted by molar-refractivity contribution is 8.40. The minimum Gasteiger partial charge on any atom is -0.453 e. The summed E-state index contributed by atoms with van der Waals surface area (Å²) >= 11 is 6.48. The molecule has 0 saturated heterocycles. The number of rotatable bonds is 5. The van der Waals surface area contributed by atoms with Crippen LogP contribution in [-0.4, -0.2) is 25.1 Å². The lowest BCUT2D eigenvalue weighted by Crippen LogP contribution is -1.85. The highest BCUT2D eigenvalue weighted by Gasteiger charge is 2.25. The van der Waals surface area contributed by atoms with Crippen molar-refractivity contribution in [3.05, 3.63) is 36.4 Å². The summed E-state index contributed by atoms with van der Waals surface area (Å²) in [4.78, 5) is 21.9. The molecular formula is C12H10O3S4. The smallest absolute Gasteiger partial charge is 0.185 e. The highest BCUT2D eigenvalue weighted by atomic mass is 32.3. The van der Waals surface area contributed by atoms with E-state index in [0.717, 1.165) is 10.5 Å². The zero-order valence-electron chi connectivity index (χ0n) is 10.2. The standard InChI is InChI=1S/C12H10O3S4/c1-16-11-12(17-2)19-10(18-11)8(6-14)9-4-3-7(5-13)15-9/h3-6H,1-2H3. The van der Waals surface area contributed by atoms with E-state index < -0.39 is 0 Å². The van der Waals surface area contributed by atoms with Crippen LogP contribution in [0.1, 0.15) is 16.3 Å². The Morgan fingerprint density at radius 3 is 2.21 bits per heavy atom. The molecule has 0 spiro atoms. The largest absolute Gasteiger partial charge is 0.453 e. The second-order valence-corrected chi connectivity index (χ2v) is 7.78. The van der Waals surface area contributed by atoms with Crippen molar-refractivity contribution in [3.63, 3.8) is 0 Å². The van der Waals surface area contributed by atoms with Crippen LogP contribution in [0.5, 0.6) is 0 Å². The van der Waals surface area contributed by atoms with Gasteiger partial charge >= 0.3 is 0 Å². The Kier molecular flexibility index (Phi) is 5.32. The average Bonchev–Trinajstić information content (AvgIpc) is 3.06. The molecule has 0 N–H and O–H groups in total. The quantitative estimate of drug-likeness (QED) is 0.589. The first-order valence-electron chi connectivity index (χ1n) is 5.16. The fourth-order valence-corrected chi connectivity index (χ4v) is 6.40. The molecule has 1 aliphatic rings. The molecule has 2 heterocycles. The summed E-state index contributed by atoms with van der Waals surface area (Å²) in [5.74, 6) is 0.668. The molecule has 19 heavy (non-hydrogen) atoms. The Morgan fingerprint density at radius 2 is 1.79 bits per heavy atom. The van der Waals surface area contributed by atoms with E-state index in [4.69, 9.17) is 4.42 Å². The fraction of sp³-hybridized carbons (Fsp3) is 0.167. The van der Waals surface area contributed by atoms with Gasteiger partial charge in [0.2, 0.25) is 0 Å². The highest BCUT2D eigenvalue weighted by Crippen LogP contribution is 2.57. The predicted molar refractivity (Wildman–Crippen MR) is 86.3 cm³/mol. The first-order chi connectivity index (χ1) is 9.23. The lowest BCUT2D eigenvalue weighted by molar-refractivity contribution is -0.103. The van der Waals surface area contributed by atoms with Crippen molar-refractivity contribution < 1.29 is 14.0 Å². The Labute approximate surface area is 128 Å². The van der Waals surface area contributed by atoms with Crippen molar-refractivity contribution in [2.45, 2.75) is 0 Å². The molecule has 0 bridgehead atoms. The number of allylic oxidation sites excluding steroid dienone is 1. The van der Waals surface area contributed by atoms with E-state index in [1.54, 1.807) is 59.2 Å². The molecule has 100 valence electrons. The van der Waals surface area contributed by atoms with Crippen LogP contribution in [0.15, 0.2) is 29.3 Å². The van der Waals surface area contributed by atoms with E-state index in [9.17, 15) is 9.59 Å². The Morgan fingerprint density at radius 1 is 1.16 bits per heavy atom. The van der Waals surface area contributed by atoms with E-state index in [2.05, 4.69) is 0 Å². The van der Waals surface area contributed by atoms with Gasteiger partial charge in [0.05, 0.1) is 18.3 Å². The lowest BCUT2D eigenvalue weighted by atomic mass is 10.2.